The van der Waals surface area contributed by atoms with Crippen LogP contribution in [0.3, 0.4) is 0 Å². The van der Waals surface area contributed by atoms with Gasteiger partial charge in [0.05, 0.1) is 7.11 Å². The van der Waals surface area contributed by atoms with Gasteiger partial charge in [0.2, 0.25) is 0 Å². The minimum absolute atomic E-state index is 0.324. The van der Waals surface area contributed by atoms with E-state index >= 15 is 0 Å². The molecule has 134 valence electrons. The molecule has 0 aliphatic heterocycles. The molecule has 1 N–H and O–H groups in total. The molecule has 1 aromatic carbocycles. The van der Waals surface area contributed by atoms with Gasteiger partial charge < -0.3 is 9.84 Å². The molecule has 0 atom stereocenters. The highest BCUT2D eigenvalue weighted by Crippen LogP contribution is 2.25. The van der Waals surface area contributed by atoms with E-state index in [2.05, 4.69) is 52.8 Å². The molecule has 0 saturated heterocycles. The topological polar surface area (TPSA) is 29.5 Å². The van der Waals surface area contributed by atoms with Crippen molar-refractivity contribution in [1.82, 2.24) is 0 Å². The minimum Gasteiger partial charge on any atom is -0.496 e. The molecule has 0 heterocycles. The Morgan fingerprint density at radius 3 is 2.00 bits per heavy atom. The van der Waals surface area contributed by atoms with Crippen molar-refractivity contribution in [3.8, 4) is 5.75 Å². The highest BCUT2D eigenvalue weighted by atomic mass is 16.5. The van der Waals surface area contributed by atoms with E-state index in [4.69, 9.17) is 9.84 Å². The van der Waals surface area contributed by atoms with Gasteiger partial charge in [-0.15, -0.1) is 0 Å². The van der Waals surface area contributed by atoms with E-state index in [-0.39, 0.29) is 0 Å². The first-order valence-electron chi connectivity index (χ1n) is 9.20. The highest BCUT2D eigenvalue weighted by Gasteiger charge is 2.06. The Kier molecular flexibility index (Phi) is 12.8. The van der Waals surface area contributed by atoms with Gasteiger partial charge in [-0.25, -0.2) is 0 Å². The fourth-order valence-electron chi connectivity index (χ4n) is 2.31. The zero-order chi connectivity index (χ0) is 17.7. The minimum atomic E-state index is 0.324. The second-order valence-electron chi connectivity index (χ2n) is 7.20. The summed E-state index contributed by atoms with van der Waals surface area (Å²) in [6.07, 6.45) is 6.81. The molecule has 0 aromatic heterocycles. The number of ether oxygens (including phenoxy) is 1. The van der Waals surface area contributed by atoms with Crippen molar-refractivity contribution in [3.05, 3.63) is 29.3 Å². The SMILES string of the molecule is CC(C)C.COc1ccc(C(C)C)cc1CCCCCCCO. The summed E-state index contributed by atoms with van der Waals surface area (Å²) in [6, 6.07) is 6.54. The molecule has 1 aromatic rings. The van der Waals surface area contributed by atoms with E-state index in [1.807, 2.05) is 0 Å². The Morgan fingerprint density at radius 1 is 0.913 bits per heavy atom. The normalized spacial score (nSPS) is 10.7. The third kappa shape index (κ3) is 11.2. The van der Waals surface area contributed by atoms with Crippen LogP contribution in [0.4, 0.5) is 0 Å². The summed E-state index contributed by atoms with van der Waals surface area (Å²) in [6.45, 7) is 11.3. The van der Waals surface area contributed by atoms with E-state index in [1.165, 1.54) is 30.4 Å². The van der Waals surface area contributed by atoms with Crippen LogP contribution >= 0.6 is 0 Å². The number of aryl methyl sites for hydroxylation is 1. The number of benzene rings is 1. The van der Waals surface area contributed by atoms with Crippen LogP contribution in [0.15, 0.2) is 18.2 Å². The summed E-state index contributed by atoms with van der Waals surface area (Å²) in [5.74, 6) is 2.41. The van der Waals surface area contributed by atoms with Crippen molar-refractivity contribution >= 4 is 0 Å². The van der Waals surface area contributed by atoms with Crippen molar-refractivity contribution in [1.29, 1.82) is 0 Å². The first-order valence-corrected chi connectivity index (χ1v) is 9.20. The molecule has 0 bridgehead atoms. The number of methoxy groups -OCH3 is 1. The molecular formula is C21H38O2. The molecule has 0 unspecified atom stereocenters. The maximum absolute atomic E-state index is 8.74. The van der Waals surface area contributed by atoms with E-state index in [0.29, 0.717) is 12.5 Å². The molecule has 0 aliphatic carbocycles. The molecule has 0 spiro atoms. The van der Waals surface area contributed by atoms with Crippen LogP contribution in [0.5, 0.6) is 5.75 Å². The van der Waals surface area contributed by atoms with Crippen molar-refractivity contribution in [2.24, 2.45) is 5.92 Å². The second-order valence-corrected chi connectivity index (χ2v) is 7.20. The van der Waals surface area contributed by atoms with Crippen LogP contribution < -0.4 is 4.74 Å². The summed E-state index contributed by atoms with van der Waals surface area (Å²) < 4.78 is 5.44. The first kappa shape index (κ1) is 22.0. The van der Waals surface area contributed by atoms with Crippen molar-refractivity contribution in [2.45, 2.75) is 79.1 Å². The lowest BCUT2D eigenvalue weighted by Gasteiger charge is -2.12. The van der Waals surface area contributed by atoms with Crippen LogP contribution in [-0.4, -0.2) is 18.8 Å². The molecule has 0 radical (unpaired) electrons. The number of rotatable bonds is 9. The van der Waals surface area contributed by atoms with E-state index in [9.17, 15) is 0 Å². The predicted molar refractivity (Wildman–Crippen MR) is 101 cm³/mol. The van der Waals surface area contributed by atoms with Gasteiger partial charge in [-0.1, -0.05) is 66.0 Å². The van der Waals surface area contributed by atoms with Gasteiger partial charge in [0.1, 0.15) is 5.75 Å². The monoisotopic (exact) mass is 322 g/mol. The maximum atomic E-state index is 8.74. The predicted octanol–water partition coefficient (Wildman–Crippen LogP) is 5.97. The number of aliphatic hydroxyl groups excluding tert-OH is 1. The molecule has 0 aliphatic rings. The second kappa shape index (κ2) is 13.4. The standard InChI is InChI=1S/C17H28O2.C4H10/c1-14(2)15-10-11-17(19-3)16(13-15)9-7-5-4-6-8-12-18;1-4(2)3/h10-11,13-14,18H,4-9,12H2,1-3H3;4H,1-3H3. The number of unbranched alkanes of at least 4 members (excludes halogenated alkanes) is 4. The number of hydrogen-bond donors (Lipinski definition) is 1. The van der Waals surface area contributed by atoms with Gasteiger partial charge in [-0.2, -0.15) is 0 Å². The Morgan fingerprint density at radius 2 is 1.48 bits per heavy atom. The van der Waals surface area contributed by atoms with Gasteiger partial charge in [0.15, 0.2) is 0 Å². The zero-order valence-corrected chi connectivity index (χ0v) is 16.2. The van der Waals surface area contributed by atoms with Crippen LogP contribution in [-0.2, 0) is 6.42 Å². The highest BCUT2D eigenvalue weighted by molar-refractivity contribution is 5.38. The summed E-state index contributed by atoms with van der Waals surface area (Å²) >= 11 is 0. The molecule has 2 nitrogen and oxygen atoms in total. The Hall–Kier alpha value is -1.02. The molecular weight excluding hydrogens is 284 g/mol. The van der Waals surface area contributed by atoms with Crippen molar-refractivity contribution < 1.29 is 9.84 Å². The molecule has 0 amide bonds. The van der Waals surface area contributed by atoms with Crippen molar-refractivity contribution in [3.63, 3.8) is 0 Å². The van der Waals surface area contributed by atoms with Crippen LogP contribution in [0.2, 0.25) is 0 Å². The fraction of sp³-hybridized carbons (Fsp3) is 0.714. The summed E-state index contributed by atoms with van der Waals surface area (Å²) in [4.78, 5) is 0. The van der Waals surface area contributed by atoms with Gasteiger partial charge in [-0.3, -0.25) is 0 Å². The average molecular weight is 323 g/mol. The van der Waals surface area contributed by atoms with E-state index < -0.39 is 0 Å². The van der Waals surface area contributed by atoms with E-state index in [0.717, 1.165) is 30.9 Å². The third-order valence-electron chi connectivity index (χ3n) is 3.58. The molecule has 0 saturated carbocycles. The lowest BCUT2D eigenvalue weighted by atomic mass is 9.97. The maximum Gasteiger partial charge on any atom is 0.122 e. The third-order valence-corrected chi connectivity index (χ3v) is 3.58. The molecule has 2 heteroatoms. The Bertz CT molecular complexity index is 394. The lowest BCUT2D eigenvalue weighted by Crippen LogP contribution is -1.96. The summed E-state index contributed by atoms with van der Waals surface area (Å²) in [7, 11) is 1.75. The van der Waals surface area contributed by atoms with E-state index in [1.54, 1.807) is 7.11 Å². The zero-order valence-electron chi connectivity index (χ0n) is 16.2. The molecule has 0 fully saturated rings. The molecule has 1 rings (SSSR count). The Labute approximate surface area is 144 Å². The van der Waals surface area contributed by atoms with Gasteiger partial charge in [0.25, 0.3) is 0 Å². The largest absolute Gasteiger partial charge is 0.496 e. The Balaban J connectivity index is 0.00000108. The number of hydrogen-bond acceptors (Lipinski definition) is 2. The smallest absolute Gasteiger partial charge is 0.122 e. The lowest BCUT2D eigenvalue weighted by molar-refractivity contribution is 0.282. The van der Waals surface area contributed by atoms with Crippen LogP contribution in [0.25, 0.3) is 0 Å². The summed E-state index contributed by atoms with van der Waals surface area (Å²) in [5.41, 5.74) is 2.71. The van der Waals surface area contributed by atoms with Gasteiger partial charge in [-0.05, 0) is 48.3 Å². The van der Waals surface area contributed by atoms with Gasteiger partial charge in [0, 0.05) is 6.61 Å². The van der Waals surface area contributed by atoms with Crippen molar-refractivity contribution in [2.75, 3.05) is 13.7 Å². The first-order chi connectivity index (χ1) is 10.9. The van der Waals surface area contributed by atoms with Crippen LogP contribution in [0, 0.1) is 5.92 Å². The van der Waals surface area contributed by atoms with Gasteiger partial charge >= 0.3 is 0 Å². The average Bonchev–Trinajstić information content (AvgIpc) is 2.50. The summed E-state index contributed by atoms with van der Waals surface area (Å²) in [5, 5.41) is 8.74. The molecule has 23 heavy (non-hydrogen) atoms. The quantitative estimate of drug-likeness (QED) is 0.568. The fourth-order valence-corrected chi connectivity index (χ4v) is 2.31. The van der Waals surface area contributed by atoms with Crippen LogP contribution in [0.1, 0.15) is 83.8 Å². The number of aliphatic hydroxyl groups is 1.